The van der Waals surface area contributed by atoms with Gasteiger partial charge in [0.2, 0.25) is 6.29 Å². The molecule has 55 heavy (non-hydrogen) atoms. The number of aliphatic carboxylic acids is 1. The zero-order chi connectivity index (χ0) is 44.0. The van der Waals surface area contributed by atoms with Gasteiger partial charge in [0.25, 0.3) is 0 Å². The number of hydrogen-bond acceptors (Lipinski definition) is 12. The second-order valence-electron chi connectivity index (χ2n) is 16.9. The number of esters is 5. The van der Waals surface area contributed by atoms with Crippen molar-refractivity contribution in [3.8, 4) is 0 Å². The Morgan fingerprint density at radius 2 is 1.09 bits per heavy atom. The van der Waals surface area contributed by atoms with E-state index in [0.717, 1.165) is 19.3 Å². The van der Waals surface area contributed by atoms with Crippen LogP contribution in [0.2, 0.25) is 0 Å². The van der Waals surface area contributed by atoms with E-state index in [1.54, 1.807) is 41.5 Å². The average Bonchev–Trinajstić information content (AvgIpc) is 3.13. The first kappa shape index (κ1) is 55.9. The summed E-state index contributed by atoms with van der Waals surface area (Å²) < 4.78 is 24.4. The number of carbonyl (C=O) groups is 6. The Morgan fingerprint density at radius 1 is 0.655 bits per heavy atom. The number of carbonyl (C=O) groups excluding carboxylic acids is 5. The van der Waals surface area contributed by atoms with Crippen molar-refractivity contribution in [2.45, 2.75) is 174 Å². The Hall–Kier alpha value is -3.48. The molecule has 0 radical (unpaired) electrons. The maximum absolute atomic E-state index is 11.7. The summed E-state index contributed by atoms with van der Waals surface area (Å²) in [6, 6.07) is 0. The summed E-state index contributed by atoms with van der Waals surface area (Å²) in [5.74, 6) is -2.50. The molecule has 1 aliphatic rings. The number of carboxylic acid groups (broad SMARTS) is 1. The molecule has 322 valence electrons. The van der Waals surface area contributed by atoms with Crippen LogP contribution in [0, 0.1) is 27.1 Å². The van der Waals surface area contributed by atoms with Crippen molar-refractivity contribution in [3.05, 3.63) is 12.2 Å². The predicted molar refractivity (Wildman–Crippen MR) is 212 cm³/mol. The highest BCUT2D eigenvalue weighted by Gasteiger charge is 2.42. The van der Waals surface area contributed by atoms with Crippen molar-refractivity contribution >= 4 is 35.8 Å². The van der Waals surface area contributed by atoms with Gasteiger partial charge in [-0.25, -0.2) is 4.79 Å². The molecular weight excluding hydrogens is 712 g/mol. The van der Waals surface area contributed by atoms with E-state index < -0.39 is 52.5 Å². The molecule has 0 saturated heterocycles. The quantitative estimate of drug-likeness (QED) is 0.0657. The van der Waals surface area contributed by atoms with Crippen LogP contribution in [0.25, 0.3) is 0 Å². The summed E-state index contributed by atoms with van der Waals surface area (Å²) in [5.41, 5.74) is -2.63. The van der Waals surface area contributed by atoms with Gasteiger partial charge in [0.1, 0.15) is 6.10 Å². The fourth-order valence-electron chi connectivity index (χ4n) is 4.43. The molecule has 0 bridgehead atoms. The second kappa shape index (κ2) is 25.6. The summed E-state index contributed by atoms with van der Waals surface area (Å²) >= 11 is 0. The second-order valence-corrected chi connectivity index (χ2v) is 16.9. The summed E-state index contributed by atoms with van der Waals surface area (Å²) in [4.78, 5) is 67.8. The molecular formula is C42H76O13. The lowest BCUT2D eigenvalue weighted by atomic mass is 9.72. The van der Waals surface area contributed by atoms with Crippen LogP contribution in [0.4, 0.5) is 0 Å². The molecule has 1 saturated carbocycles. The lowest BCUT2D eigenvalue weighted by Gasteiger charge is -2.32. The van der Waals surface area contributed by atoms with E-state index >= 15 is 0 Å². The molecule has 2 unspecified atom stereocenters. The van der Waals surface area contributed by atoms with Gasteiger partial charge in [0, 0.05) is 5.57 Å². The van der Waals surface area contributed by atoms with Crippen molar-refractivity contribution in [2.24, 2.45) is 27.1 Å². The molecule has 0 amide bonds. The minimum Gasteiger partial charge on any atom is -0.481 e. The third-order valence-electron chi connectivity index (χ3n) is 10.1. The molecule has 0 aromatic rings. The van der Waals surface area contributed by atoms with Crippen LogP contribution in [0.15, 0.2) is 12.2 Å². The fourth-order valence-corrected chi connectivity index (χ4v) is 4.43. The van der Waals surface area contributed by atoms with E-state index in [4.69, 9.17) is 24.1 Å². The Balaban J connectivity index is -0.000000674. The van der Waals surface area contributed by atoms with Gasteiger partial charge < -0.3 is 33.9 Å². The smallest absolute Gasteiger partial charge is 0.333 e. The van der Waals surface area contributed by atoms with Gasteiger partial charge in [-0.1, -0.05) is 40.7 Å². The first-order valence-corrected chi connectivity index (χ1v) is 19.3. The van der Waals surface area contributed by atoms with Gasteiger partial charge in [-0.3, -0.25) is 24.0 Å². The lowest BCUT2D eigenvalue weighted by Crippen LogP contribution is -2.37. The monoisotopic (exact) mass is 789 g/mol. The van der Waals surface area contributed by atoms with E-state index in [-0.39, 0.29) is 35.0 Å². The maximum atomic E-state index is 11.7. The van der Waals surface area contributed by atoms with Crippen molar-refractivity contribution in [1.82, 2.24) is 0 Å². The van der Waals surface area contributed by atoms with Gasteiger partial charge in [-0.2, -0.15) is 0 Å². The molecule has 0 aromatic heterocycles. The summed E-state index contributed by atoms with van der Waals surface area (Å²) in [6.45, 7) is 28.3. The van der Waals surface area contributed by atoms with E-state index in [9.17, 15) is 33.9 Å². The van der Waals surface area contributed by atoms with Crippen LogP contribution in [-0.4, -0.2) is 79.2 Å². The molecule has 0 aromatic carbocycles. The number of methoxy groups -OCH3 is 2. The van der Waals surface area contributed by atoms with Crippen LogP contribution in [0.1, 0.15) is 161 Å². The van der Waals surface area contributed by atoms with Crippen molar-refractivity contribution < 1.29 is 62.7 Å². The molecule has 0 spiro atoms. The first-order chi connectivity index (χ1) is 25.0. The molecule has 1 rings (SSSR count). The third kappa shape index (κ3) is 22.0. The fraction of sp³-hybridized carbons (Fsp3) is 0.810. The van der Waals surface area contributed by atoms with E-state index in [1.165, 1.54) is 40.4 Å². The summed E-state index contributed by atoms with van der Waals surface area (Å²) in [7, 11) is 2.72. The molecule has 0 heterocycles. The van der Waals surface area contributed by atoms with Gasteiger partial charge in [0.05, 0.1) is 41.3 Å². The zero-order valence-corrected chi connectivity index (χ0v) is 37.0. The first-order valence-electron chi connectivity index (χ1n) is 19.3. The van der Waals surface area contributed by atoms with Crippen LogP contribution in [0.3, 0.4) is 0 Å². The van der Waals surface area contributed by atoms with Gasteiger partial charge >= 0.3 is 35.8 Å². The number of ether oxygens (including phenoxy) is 5. The number of hydrogen-bond donors (Lipinski definition) is 2. The Morgan fingerprint density at radius 3 is 1.44 bits per heavy atom. The topological polar surface area (TPSA) is 189 Å². The largest absolute Gasteiger partial charge is 0.481 e. The Bertz CT molecular complexity index is 1230. The van der Waals surface area contributed by atoms with Crippen molar-refractivity contribution in [1.29, 1.82) is 0 Å². The minimum atomic E-state index is -1.45. The summed E-state index contributed by atoms with van der Waals surface area (Å²) in [5, 5.41) is 17.8. The highest BCUT2D eigenvalue weighted by molar-refractivity contribution is 5.87. The number of aliphatic hydroxyl groups is 1. The van der Waals surface area contributed by atoms with Crippen LogP contribution >= 0.6 is 0 Å². The normalized spacial score (nSPS) is 14.9. The minimum absolute atomic E-state index is 0.0214. The molecule has 13 heteroatoms. The van der Waals surface area contributed by atoms with Gasteiger partial charge in [0.15, 0.2) is 6.61 Å². The molecule has 2 N–H and O–H groups in total. The zero-order valence-electron chi connectivity index (χ0n) is 37.0. The number of aliphatic hydroxyl groups excluding tert-OH is 1. The molecule has 0 aliphatic heterocycles. The van der Waals surface area contributed by atoms with Crippen LogP contribution in [0.5, 0.6) is 0 Å². The Kier molecular flexibility index (Phi) is 26.0. The van der Waals surface area contributed by atoms with E-state index in [2.05, 4.69) is 11.3 Å². The molecule has 1 aliphatic carbocycles. The van der Waals surface area contributed by atoms with Crippen molar-refractivity contribution in [2.75, 3.05) is 20.8 Å². The molecule has 1 fully saturated rings. The number of rotatable bonds is 16. The Labute approximate surface area is 331 Å². The SMILES string of the molecule is C=C(C)C(=O)OCC(O)OC(=O)C(C)(C)CC.CCC(C)(C)C(=O)O.CCC(C)(C)C(=O)OC1CCCCC1.CCC(C)(CC(C)(C)C(=O)OC)C(=O)OC. The maximum Gasteiger partial charge on any atom is 0.333 e. The highest BCUT2D eigenvalue weighted by Crippen LogP contribution is 2.38. The van der Waals surface area contributed by atoms with Crippen molar-refractivity contribution in [3.63, 3.8) is 0 Å². The third-order valence-corrected chi connectivity index (χ3v) is 10.1. The van der Waals surface area contributed by atoms with Crippen LogP contribution < -0.4 is 0 Å². The highest BCUT2D eigenvalue weighted by atomic mass is 16.7. The van der Waals surface area contributed by atoms with Gasteiger partial charge in [-0.15, -0.1) is 0 Å². The summed E-state index contributed by atoms with van der Waals surface area (Å²) in [6.07, 6.45) is 7.75. The molecule has 13 nitrogen and oxygen atoms in total. The number of carboxylic acids is 1. The van der Waals surface area contributed by atoms with Crippen LogP contribution in [-0.2, 0) is 52.5 Å². The van der Waals surface area contributed by atoms with Gasteiger partial charge in [-0.05, 0) is 127 Å². The predicted octanol–water partition coefficient (Wildman–Crippen LogP) is 8.37. The van der Waals surface area contributed by atoms with E-state index in [1.807, 2.05) is 48.5 Å². The van der Waals surface area contributed by atoms with E-state index in [0.29, 0.717) is 25.7 Å². The average molecular weight is 789 g/mol. The standard InChI is InChI=1S/C12H20O5.C12H22O4.C12H22O2.C6H12O2/c1-6-12(4,5)11(15)17-9(13)7-16-10(14)8(2)3;1-7-12(4,10(14)16-6)8-11(2,3)9(13)15-5;1-4-12(2,3)11(13)14-10-8-6-5-7-9-10;1-4-6(2,3)5(7)8/h9,13H,2,6-7H2,1,3-5H3;7-8H2,1-6H3;10H,4-9H2,1-3H3;4H2,1-3H3,(H,7,8). The lowest BCUT2D eigenvalue weighted by molar-refractivity contribution is -0.189. The molecule has 2 atom stereocenters.